The van der Waals surface area contributed by atoms with Crippen molar-refractivity contribution in [2.24, 2.45) is 0 Å². The zero-order valence-corrected chi connectivity index (χ0v) is 9.08. The van der Waals surface area contributed by atoms with Crippen molar-refractivity contribution in [3.63, 3.8) is 0 Å². The Morgan fingerprint density at radius 3 is 2.73 bits per heavy atom. The lowest BCUT2D eigenvalue weighted by molar-refractivity contribution is 1.06. The number of aryl methyl sites for hydroxylation is 1. The first-order chi connectivity index (χ1) is 7.24. The van der Waals surface area contributed by atoms with E-state index >= 15 is 0 Å². The standard InChI is InChI=1S/C9H11N5S/c1-6-2-14-9(15-6)5-13-8-4-11-7(10)3-12-8/h2-4H,5H2,1H3,(H2,10,11)(H,12,13). The molecule has 0 bridgehead atoms. The van der Waals surface area contributed by atoms with Crippen LogP contribution in [0.3, 0.4) is 0 Å². The molecule has 0 aliphatic carbocycles. The first-order valence-corrected chi connectivity index (χ1v) is 5.28. The Labute approximate surface area is 91.4 Å². The fourth-order valence-corrected chi connectivity index (χ4v) is 1.81. The summed E-state index contributed by atoms with van der Waals surface area (Å²) in [5.41, 5.74) is 5.43. The highest BCUT2D eigenvalue weighted by atomic mass is 32.1. The topological polar surface area (TPSA) is 76.7 Å². The van der Waals surface area contributed by atoms with E-state index < -0.39 is 0 Å². The summed E-state index contributed by atoms with van der Waals surface area (Å²) in [5, 5.41) is 4.15. The van der Waals surface area contributed by atoms with E-state index in [0.717, 1.165) is 5.01 Å². The average molecular weight is 221 g/mol. The molecule has 2 aromatic heterocycles. The maximum atomic E-state index is 5.43. The largest absolute Gasteiger partial charge is 0.382 e. The van der Waals surface area contributed by atoms with E-state index in [-0.39, 0.29) is 0 Å². The fraction of sp³-hybridized carbons (Fsp3) is 0.222. The third-order valence-corrected chi connectivity index (χ3v) is 2.67. The Balaban J connectivity index is 1.96. The molecule has 78 valence electrons. The number of hydrogen-bond acceptors (Lipinski definition) is 6. The van der Waals surface area contributed by atoms with Gasteiger partial charge in [-0.05, 0) is 6.92 Å². The molecule has 0 amide bonds. The molecule has 2 heterocycles. The van der Waals surface area contributed by atoms with Crippen LogP contribution in [0.5, 0.6) is 0 Å². The van der Waals surface area contributed by atoms with Crippen LogP contribution in [0.2, 0.25) is 0 Å². The van der Waals surface area contributed by atoms with Gasteiger partial charge in [0.05, 0.1) is 18.9 Å². The van der Waals surface area contributed by atoms with E-state index in [1.54, 1.807) is 17.5 Å². The molecule has 0 radical (unpaired) electrons. The van der Waals surface area contributed by atoms with Crippen molar-refractivity contribution in [3.8, 4) is 0 Å². The van der Waals surface area contributed by atoms with Gasteiger partial charge < -0.3 is 11.1 Å². The van der Waals surface area contributed by atoms with Crippen LogP contribution in [0.1, 0.15) is 9.88 Å². The number of anilines is 2. The number of hydrogen-bond donors (Lipinski definition) is 2. The third kappa shape index (κ3) is 2.63. The minimum absolute atomic E-state index is 0.422. The Hall–Kier alpha value is -1.69. The van der Waals surface area contributed by atoms with E-state index in [2.05, 4.69) is 20.3 Å². The average Bonchev–Trinajstić information content (AvgIpc) is 2.64. The minimum atomic E-state index is 0.422. The van der Waals surface area contributed by atoms with E-state index in [9.17, 15) is 0 Å². The first-order valence-electron chi connectivity index (χ1n) is 4.47. The van der Waals surface area contributed by atoms with Gasteiger partial charge in [-0.2, -0.15) is 0 Å². The predicted molar refractivity (Wildman–Crippen MR) is 60.6 cm³/mol. The quantitative estimate of drug-likeness (QED) is 0.820. The molecule has 0 aromatic carbocycles. The Bertz CT molecular complexity index is 436. The summed E-state index contributed by atoms with van der Waals surface area (Å²) >= 11 is 1.66. The van der Waals surface area contributed by atoms with Crippen LogP contribution in [-0.4, -0.2) is 15.0 Å². The number of nitrogens with zero attached hydrogens (tertiary/aromatic N) is 3. The van der Waals surface area contributed by atoms with Crippen LogP contribution in [0.25, 0.3) is 0 Å². The van der Waals surface area contributed by atoms with Crippen molar-refractivity contribution in [1.82, 2.24) is 15.0 Å². The van der Waals surface area contributed by atoms with Crippen LogP contribution in [-0.2, 0) is 6.54 Å². The predicted octanol–water partition coefficient (Wildman–Crippen LogP) is 1.44. The van der Waals surface area contributed by atoms with Gasteiger partial charge in [0.2, 0.25) is 0 Å². The van der Waals surface area contributed by atoms with E-state index in [1.165, 1.54) is 11.1 Å². The van der Waals surface area contributed by atoms with Crippen molar-refractivity contribution in [2.45, 2.75) is 13.5 Å². The maximum Gasteiger partial charge on any atom is 0.144 e. The summed E-state index contributed by atoms with van der Waals surface area (Å²) in [6, 6.07) is 0. The van der Waals surface area contributed by atoms with Crippen LogP contribution in [0, 0.1) is 6.92 Å². The van der Waals surface area contributed by atoms with Crippen molar-refractivity contribution < 1.29 is 0 Å². The number of nitrogens with one attached hydrogen (secondary N) is 1. The summed E-state index contributed by atoms with van der Waals surface area (Å²) in [6.45, 7) is 2.70. The third-order valence-electron chi connectivity index (χ3n) is 1.76. The molecule has 0 atom stereocenters. The van der Waals surface area contributed by atoms with Gasteiger partial charge >= 0.3 is 0 Å². The van der Waals surface area contributed by atoms with Gasteiger partial charge in [-0.25, -0.2) is 15.0 Å². The lowest BCUT2D eigenvalue weighted by atomic mass is 10.6. The second kappa shape index (κ2) is 4.22. The van der Waals surface area contributed by atoms with Crippen molar-refractivity contribution >= 4 is 23.0 Å². The SMILES string of the molecule is Cc1cnc(CNc2cnc(N)cn2)s1. The van der Waals surface area contributed by atoms with Crippen LogP contribution in [0.15, 0.2) is 18.6 Å². The minimum Gasteiger partial charge on any atom is -0.382 e. The van der Waals surface area contributed by atoms with E-state index in [1.807, 2.05) is 13.1 Å². The zero-order chi connectivity index (χ0) is 10.7. The molecule has 0 aliphatic rings. The molecule has 0 saturated carbocycles. The monoisotopic (exact) mass is 221 g/mol. The summed E-state index contributed by atoms with van der Waals surface area (Å²) in [6.07, 6.45) is 4.99. The van der Waals surface area contributed by atoms with Crippen LogP contribution >= 0.6 is 11.3 Å². The van der Waals surface area contributed by atoms with Gasteiger partial charge in [-0.15, -0.1) is 11.3 Å². The van der Waals surface area contributed by atoms with Crippen molar-refractivity contribution in [3.05, 3.63) is 28.5 Å². The van der Waals surface area contributed by atoms with Gasteiger partial charge in [-0.3, -0.25) is 0 Å². The molecule has 0 unspecified atom stereocenters. The second-order valence-electron chi connectivity index (χ2n) is 3.04. The van der Waals surface area contributed by atoms with Gasteiger partial charge in [-0.1, -0.05) is 0 Å². The molecule has 2 rings (SSSR count). The van der Waals surface area contributed by atoms with Gasteiger partial charge in [0, 0.05) is 11.1 Å². The van der Waals surface area contributed by atoms with E-state index in [4.69, 9.17) is 5.73 Å². The van der Waals surface area contributed by atoms with Gasteiger partial charge in [0.1, 0.15) is 16.6 Å². The number of rotatable bonds is 3. The smallest absolute Gasteiger partial charge is 0.144 e. The maximum absolute atomic E-state index is 5.43. The fourth-order valence-electron chi connectivity index (χ4n) is 1.08. The van der Waals surface area contributed by atoms with Crippen LogP contribution < -0.4 is 11.1 Å². The molecule has 0 spiro atoms. The molecule has 0 aliphatic heterocycles. The van der Waals surface area contributed by atoms with E-state index in [0.29, 0.717) is 18.2 Å². The van der Waals surface area contributed by atoms with Crippen molar-refractivity contribution in [1.29, 1.82) is 0 Å². The highest BCUT2D eigenvalue weighted by Gasteiger charge is 1.99. The number of thiazole rings is 1. The summed E-state index contributed by atoms with van der Waals surface area (Å²) < 4.78 is 0. The van der Waals surface area contributed by atoms with Crippen LogP contribution in [0.4, 0.5) is 11.6 Å². The molecule has 0 fully saturated rings. The normalized spacial score (nSPS) is 10.2. The highest BCUT2D eigenvalue weighted by molar-refractivity contribution is 7.11. The zero-order valence-electron chi connectivity index (χ0n) is 8.27. The number of nitrogen functional groups attached to an aromatic ring is 1. The Kier molecular flexibility index (Phi) is 2.77. The summed E-state index contributed by atoms with van der Waals surface area (Å²) in [4.78, 5) is 13.4. The molecular weight excluding hydrogens is 210 g/mol. The lowest BCUT2D eigenvalue weighted by Gasteiger charge is -2.01. The van der Waals surface area contributed by atoms with Crippen molar-refractivity contribution in [2.75, 3.05) is 11.1 Å². The second-order valence-corrected chi connectivity index (χ2v) is 4.36. The molecular formula is C9H11N5S. The van der Waals surface area contributed by atoms with Gasteiger partial charge in [0.15, 0.2) is 0 Å². The molecule has 2 aromatic rings. The first kappa shape index (κ1) is 9.85. The molecule has 3 N–H and O–H groups in total. The van der Waals surface area contributed by atoms with Gasteiger partial charge in [0.25, 0.3) is 0 Å². The molecule has 15 heavy (non-hydrogen) atoms. The highest BCUT2D eigenvalue weighted by Crippen LogP contribution is 2.12. The summed E-state index contributed by atoms with van der Waals surface area (Å²) in [5.74, 6) is 1.13. The molecule has 0 saturated heterocycles. The molecule has 6 heteroatoms. The Morgan fingerprint density at radius 2 is 2.13 bits per heavy atom. The Morgan fingerprint density at radius 1 is 1.27 bits per heavy atom. The lowest BCUT2D eigenvalue weighted by Crippen LogP contribution is -2.02. The number of aromatic nitrogens is 3. The number of nitrogens with two attached hydrogens (primary N) is 1. The summed E-state index contributed by atoms with van der Waals surface area (Å²) in [7, 11) is 0. The molecule has 5 nitrogen and oxygen atoms in total.